The van der Waals surface area contributed by atoms with Crippen molar-refractivity contribution in [3.05, 3.63) is 34.9 Å². The van der Waals surface area contributed by atoms with Crippen LogP contribution in [0.2, 0.25) is 0 Å². The van der Waals surface area contributed by atoms with Gasteiger partial charge in [0.1, 0.15) is 12.0 Å². The summed E-state index contributed by atoms with van der Waals surface area (Å²) in [5.41, 5.74) is 2.28. The van der Waals surface area contributed by atoms with Gasteiger partial charge in [-0.15, -0.1) is 0 Å². The third-order valence-electron chi connectivity index (χ3n) is 4.61. The summed E-state index contributed by atoms with van der Waals surface area (Å²) in [6, 6.07) is 0. The molecule has 1 atom stereocenters. The van der Waals surface area contributed by atoms with E-state index in [-0.39, 0.29) is 11.8 Å². The number of carbonyl (C=O) groups is 1. The van der Waals surface area contributed by atoms with Gasteiger partial charge in [-0.1, -0.05) is 24.9 Å². The van der Waals surface area contributed by atoms with Crippen LogP contribution in [0.15, 0.2) is 15.2 Å². The Bertz CT molecular complexity index is 664. The van der Waals surface area contributed by atoms with Crippen LogP contribution in [0.3, 0.4) is 0 Å². The van der Waals surface area contributed by atoms with Gasteiger partial charge in [-0.3, -0.25) is 4.79 Å². The lowest BCUT2D eigenvalue weighted by atomic mass is 9.99. The minimum Gasteiger partial charge on any atom is -0.448 e. The van der Waals surface area contributed by atoms with Crippen LogP contribution in [0.4, 0.5) is 0 Å². The fourth-order valence-electron chi connectivity index (χ4n) is 3.38. The third kappa shape index (κ3) is 3.30. The van der Waals surface area contributed by atoms with Crippen LogP contribution < -0.4 is 5.32 Å². The molecule has 1 amide bonds. The Hall–Kier alpha value is -2.11. The number of aromatic nitrogens is 2. The van der Waals surface area contributed by atoms with Crippen molar-refractivity contribution in [2.45, 2.75) is 58.3 Å². The molecule has 0 bridgehead atoms. The van der Waals surface area contributed by atoms with Gasteiger partial charge in [-0.25, -0.2) is 4.98 Å². The smallest absolute Gasteiger partial charge is 0.273 e. The van der Waals surface area contributed by atoms with Crippen molar-refractivity contribution in [3.63, 3.8) is 0 Å². The lowest BCUT2D eigenvalue weighted by Gasteiger charge is -2.11. The molecule has 6 nitrogen and oxygen atoms in total. The summed E-state index contributed by atoms with van der Waals surface area (Å²) in [5, 5.41) is 6.87. The topological polar surface area (TPSA) is 81.2 Å². The quantitative estimate of drug-likeness (QED) is 0.913. The monoisotopic (exact) mass is 317 g/mol. The van der Waals surface area contributed by atoms with Gasteiger partial charge in [-0.2, -0.15) is 0 Å². The Morgan fingerprint density at radius 1 is 1.39 bits per heavy atom. The van der Waals surface area contributed by atoms with Gasteiger partial charge in [0.2, 0.25) is 0 Å². The fraction of sp³-hybridized carbons (Fsp3) is 0.588. The van der Waals surface area contributed by atoms with Gasteiger partial charge in [0.25, 0.3) is 5.91 Å². The van der Waals surface area contributed by atoms with Crippen molar-refractivity contribution in [2.24, 2.45) is 0 Å². The molecule has 1 unspecified atom stereocenters. The van der Waals surface area contributed by atoms with Crippen molar-refractivity contribution in [3.8, 4) is 0 Å². The number of hydrogen-bond donors (Lipinski definition) is 1. The van der Waals surface area contributed by atoms with E-state index in [1.54, 1.807) is 0 Å². The highest BCUT2D eigenvalue weighted by atomic mass is 16.5. The SMILES string of the molecule is Cc1noc(C)c1C(C)CNC(=O)c1coc(C2CCCC2)n1. The van der Waals surface area contributed by atoms with E-state index in [2.05, 4.69) is 15.5 Å². The van der Waals surface area contributed by atoms with Gasteiger partial charge in [0.15, 0.2) is 11.6 Å². The minimum absolute atomic E-state index is 0.131. The van der Waals surface area contributed by atoms with Gasteiger partial charge in [-0.05, 0) is 26.7 Å². The third-order valence-corrected chi connectivity index (χ3v) is 4.61. The number of rotatable bonds is 5. The molecule has 124 valence electrons. The summed E-state index contributed by atoms with van der Waals surface area (Å²) < 4.78 is 10.7. The van der Waals surface area contributed by atoms with E-state index in [9.17, 15) is 4.79 Å². The van der Waals surface area contributed by atoms with E-state index in [0.29, 0.717) is 24.0 Å². The molecule has 0 spiro atoms. The fourth-order valence-corrected chi connectivity index (χ4v) is 3.38. The van der Waals surface area contributed by atoms with Crippen LogP contribution in [0.5, 0.6) is 0 Å². The van der Waals surface area contributed by atoms with Crippen molar-refractivity contribution in [2.75, 3.05) is 6.54 Å². The van der Waals surface area contributed by atoms with Gasteiger partial charge < -0.3 is 14.3 Å². The van der Waals surface area contributed by atoms with Crippen molar-refractivity contribution in [1.82, 2.24) is 15.5 Å². The average Bonchev–Trinajstić information content (AvgIpc) is 3.25. The molecule has 2 heterocycles. The number of nitrogens with zero attached hydrogens (tertiary/aromatic N) is 2. The number of aryl methyl sites for hydroxylation is 2. The summed E-state index contributed by atoms with van der Waals surface area (Å²) in [7, 11) is 0. The Balaban J connectivity index is 1.59. The second kappa shape index (κ2) is 6.56. The number of amides is 1. The molecule has 1 fully saturated rings. The summed E-state index contributed by atoms with van der Waals surface area (Å²) in [5.74, 6) is 1.81. The first-order valence-electron chi connectivity index (χ1n) is 8.22. The van der Waals surface area contributed by atoms with Crippen LogP contribution in [-0.2, 0) is 0 Å². The van der Waals surface area contributed by atoms with Crippen LogP contribution >= 0.6 is 0 Å². The maximum atomic E-state index is 12.2. The van der Waals surface area contributed by atoms with E-state index in [4.69, 9.17) is 8.94 Å². The molecule has 0 saturated heterocycles. The Morgan fingerprint density at radius 3 is 2.78 bits per heavy atom. The molecule has 2 aromatic heterocycles. The van der Waals surface area contributed by atoms with E-state index in [0.717, 1.165) is 29.9 Å². The summed E-state index contributed by atoms with van der Waals surface area (Å²) in [4.78, 5) is 16.6. The van der Waals surface area contributed by atoms with Gasteiger partial charge in [0.05, 0.1) is 5.69 Å². The average molecular weight is 317 g/mol. The Kier molecular flexibility index (Phi) is 4.50. The molecule has 1 saturated carbocycles. The zero-order chi connectivity index (χ0) is 16.4. The first-order valence-corrected chi connectivity index (χ1v) is 8.22. The molecule has 1 aliphatic rings. The van der Waals surface area contributed by atoms with E-state index < -0.39 is 0 Å². The van der Waals surface area contributed by atoms with E-state index in [1.165, 1.54) is 19.1 Å². The molecule has 3 rings (SSSR count). The largest absolute Gasteiger partial charge is 0.448 e. The normalized spacial score (nSPS) is 16.7. The maximum Gasteiger partial charge on any atom is 0.273 e. The number of oxazole rings is 1. The predicted octanol–water partition coefficient (Wildman–Crippen LogP) is 3.47. The molecular weight excluding hydrogens is 294 g/mol. The lowest BCUT2D eigenvalue weighted by Crippen LogP contribution is -2.28. The summed E-state index contributed by atoms with van der Waals surface area (Å²) in [6.45, 7) is 6.35. The van der Waals surface area contributed by atoms with Crippen molar-refractivity contribution < 1.29 is 13.7 Å². The lowest BCUT2D eigenvalue weighted by molar-refractivity contribution is 0.0946. The standard InChI is InChI=1S/C17H23N3O3/c1-10(15-11(2)20-23-12(15)3)8-18-16(21)14-9-22-17(19-14)13-6-4-5-7-13/h9-10,13H,4-8H2,1-3H3,(H,18,21). The second-order valence-corrected chi connectivity index (χ2v) is 6.40. The number of nitrogens with one attached hydrogen (secondary N) is 1. The van der Waals surface area contributed by atoms with Crippen LogP contribution in [0, 0.1) is 13.8 Å². The first kappa shape index (κ1) is 15.8. The zero-order valence-electron chi connectivity index (χ0n) is 13.9. The van der Waals surface area contributed by atoms with Crippen LogP contribution in [0.1, 0.15) is 77.8 Å². The highest BCUT2D eigenvalue weighted by Crippen LogP contribution is 2.33. The highest BCUT2D eigenvalue weighted by Gasteiger charge is 2.24. The van der Waals surface area contributed by atoms with Gasteiger partial charge in [0, 0.05) is 23.9 Å². The summed E-state index contributed by atoms with van der Waals surface area (Å²) in [6.07, 6.45) is 6.09. The summed E-state index contributed by atoms with van der Waals surface area (Å²) >= 11 is 0. The second-order valence-electron chi connectivity index (χ2n) is 6.40. The molecular formula is C17H23N3O3. The highest BCUT2D eigenvalue weighted by molar-refractivity contribution is 5.91. The van der Waals surface area contributed by atoms with Crippen LogP contribution in [0.25, 0.3) is 0 Å². The molecule has 1 aliphatic carbocycles. The number of hydrogen-bond acceptors (Lipinski definition) is 5. The van der Waals surface area contributed by atoms with Crippen LogP contribution in [-0.4, -0.2) is 22.6 Å². The molecule has 0 radical (unpaired) electrons. The molecule has 0 aromatic carbocycles. The van der Waals surface area contributed by atoms with E-state index >= 15 is 0 Å². The predicted molar refractivity (Wildman–Crippen MR) is 84.4 cm³/mol. The molecule has 2 aromatic rings. The van der Waals surface area contributed by atoms with Crippen molar-refractivity contribution >= 4 is 5.91 Å². The maximum absolute atomic E-state index is 12.2. The molecule has 6 heteroatoms. The number of carbonyl (C=O) groups excluding carboxylic acids is 1. The Labute approximate surface area is 135 Å². The first-order chi connectivity index (χ1) is 11.1. The Morgan fingerprint density at radius 2 is 2.13 bits per heavy atom. The minimum atomic E-state index is -0.198. The molecule has 0 aliphatic heterocycles. The van der Waals surface area contributed by atoms with Crippen molar-refractivity contribution in [1.29, 1.82) is 0 Å². The molecule has 23 heavy (non-hydrogen) atoms. The zero-order valence-corrected chi connectivity index (χ0v) is 13.9. The molecule has 1 N–H and O–H groups in total. The van der Waals surface area contributed by atoms with E-state index in [1.807, 2.05) is 20.8 Å². The van der Waals surface area contributed by atoms with Gasteiger partial charge >= 0.3 is 0 Å².